The van der Waals surface area contributed by atoms with Gasteiger partial charge in [0.15, 0.2) is 0 Å². The van der Waals surface area contributed by atoms with Crippen molar-refractivity contribution < 1.29 is 5.11 Å². The lowest BCUT2D eigenvalue weighted by molar-refractivity contribution is 0.239. The highest BCUT2D eigenvalue weighted by molar-refractivity contribution is 5.48. The molecule has 0 saturated carbocycles. The average molecular weight is 249 g/mol. The third-order valence-corrected chi connectivity index (χ3v) is 3.60. The zero-order chi connectivity index (χ0) is 13.0. The SMILES string of the molecule is CNCc1cnc(N2CCCCC2CO)c(C)c1. The first-order valence-corrected chi connectivity index (χ1v) is 6.74. The van der Waals surface area contributed by atoms with Crippen molar-refractivity contribution in [3.63, 3.8) is 0 Å². The van der Waals surface area contributed by atoms with Crippen LogP contribution in [0, 0.1) is 6.92 Å². The lowest BCUT2D eigenvalue weighted by Crippen LogP contribution is -2.42. The van der Waals surface area contributed by atoms with Crippen LogP contribution in [0.3, 0.4) is 0 Å². The van der Waals surface area contributed by atoms with Crippen molar-refractivity contribution >= 4 is 5.82 Å². The molecule has 18 heavy (non-hydrogen) atoms. The molecule has 4 nitrogen and oxygen atoms in total. The van der Waals surface area contributed by atoms with Gasteiger partial charge in [-0.1, -0.05) is 0 Å². The van der Waals surface area contributed by atoms with Crippen LogP contribution in [0.5, 0.6) is 0 Å². The van der Waals surface area contributed by atoms with Gasteiger partial charge >= 0.3 is 0 Å². The Morgan fingerprint density at radius 2 is 2.33 bits per heavy atom. The first-order chi connectivity index (χ1) is 8.76. The second-order valence-corrected chi connectivity index (χ2v) is 5.04. The summed E-state index contributed by atoms with van der Waals surface area (Å²) in [7, 11) is 1.94. The Morgan fingerprint density at radius 1 is 1.50 bits per heavy atom. The van der Waals surface area contributed by atoms with Crippen LogP contribution < -0.4 is 10.2 Å². The molecule has 1 aromatic heterocycles. The predicted octanol–water partition coefficient (Wildman–Crippen LogP) is 1.46. The average Bonchev–Trinajstić information content (AvgIpc) is 2.39. The number of piperidine rings is 1. The Labute approximate surface area is 109 Å². The normalized spacial score (nSPS) is 20.2. The number of hydrogen-bond donors (Lipinski definition) is 2. The van der Waals surface area contributed by atoms with E-state index in [4.69, 9.17) is 0 Å². The van der Waals surface area contributed by atoms with Gasteiger partial charge in [-0.3, -0.25) is 0 Å². The van der Waals surface area contributed by atoms with Gasteiger partial charge in [0.1, 0.15) is 5.82 Å². The Kier molecular flexibility index (Phi) is 4.55. The fourth-order valence-corrected chi connectivity index (χ4v) is 2.70. The molecule has 100 valence electrons. The highest BCUT2D eigenvalue weighted by atomic mass is 16.3. The van der Waals surface area contributed by atoms with Gasteiger partial charge in [0.05, 0.1) is 12.6 Å². The molecule has 4 heteroatoms. The van der Waals surface area contributed by atoms with E-state index < -0.39 is 0 Å². The van der Waals surface area contributed by atoms with Crippen molar-refractivity contribution in [2.24, 2.45) is 0 Å². The number of aromatic nitrogens is 1. The molecule has 2 N–H and O–H groups in total. The molecule has 2 heterocycles. The first-order valence-electron chi connectivity index (χ1n) is 6.74. The van der Waals surface area contributed by atoms with E-state index in [0.717, 1.165) is 25.3 Å². The summed E-state index contributed by atoms with van der Waals surface area (Å²) in [5.41, 5.74) is 2.40. The van der Waals surface area contributed by atoms with E-state index in [-0.39, 0.29) is 12.6 Å². The fraction of sp³-hybridized carbons (Fsp3) is 0.643. The third kappa shape index (κ3) is 2.82. The van der Waals surface area contributed by atoms with Crippen LogP contribution in [-0.4, -0.2) is 36.3 Å². The minimum absolute atomic E-state index is 0.222. The molecular formula is C14H23N3O. The molecule has 1 aromatic rings. The molecule has 0 radical (unpaired) electrons. The molecule has 0 amide bonds. The summed E-state index contributed by atoms with van der Waals surface area (Å²) in [5, 5.41) is 12.6. The van der Waals surface area contributed by atoms with Gasteiger partial charge in [-0.05, 0) is 50.4 Å². The van der Waals surface area contributed by atoms with Gasteiger partial charge < -0.3 is 15.3 Å². The van der Waals surface area contributed by atoms with Crippen molar-refractivity contribution in [3.8, 4) is 0 Å². The number of anilines is 1. The van der Waals surface area contributed by atoms with Crippen LogP contribution in [0.15, 0.2) is 12.3 Å². The van der Waals surface area contributed by atoms with Gasteiger partial charge in [0.2, 0.25) is 0 Å². The molecular weight excluding hydrogens is 226 g/mol. The summed E-state index contributed by atoms with van der Waals surface area (Å²) in [4.78, 5) is 6.86. The minimum atomic E-state index is 0.222. The van der Waals surface area contributed by atoms with Gasteiger partial charge in [-0.25, -0.2) is 4.98 Å². The topological polar surface area (TPSA) is 48.4 Å². The van der Waals surface area contributed by atoms with Crippen LogP contribution in [-0.2, 0) is 6.54 Å². The number of rotatable bonds is 4. The highest BCUT2D eigenvalue weighted by Gasteiger charge is 2.23. The van der Waals surface area contributed by atoms with E-state index in [2.05, 4.69) is 28.2 Å². The highest BCUT2D eigenvalue weighted by Crippen LogP contribution is 2.26. The molecule has 0 aliphatic carbocycles. The molecule has 1 fully saturated rings. The van der Waals surface area contributed by atoms with E-state index in [1.165, 1.54) is 24.0 Å². The maximum absolute atomic E-state index is 9.47. The number of nitrogens with zero attached hydrogens (tertiary/aromatic N) is 2. The first kappa shape index (κ1) is 13.3. The van der Waals surface area contributed by atoms with Crippen LogP contribution in [0.2, 0.25) is 0 Å². The number of aliphatic hydroxyl groups excluding tert-OH is 1. The van der Waals surface area contributed by atoms with E-state index in [9.17, 15) is 5.11 Å². The number of aryl methyl sites for hydroxylation is 1. The summed E-state index contributed by atoms with van der Waals surface area (Å²) in [6.07, 6.45) is 5.40. The van der Waals surface area contributed by atoms with Crippen molar-refractivity contribution in [1.82, 2.24) is 10.3 Å². The number of hydrogen-bond acceptors (Lipinski definition) is 4. The third-order valence-electron chi connectivity index (χ3n) is 3.60. The molecule has 1 atom stereocenters. The lowest BCUT2D eigenvalue weighted by Gasteiger charge is -2.36. The Bertz CT molecular complexity index is 395. The van der Waals surface area contributed by atoms with Crippen molar-refractivity contribution in [2.45, 2.75) is 38.8 Å². The summed E-state index contributed by atoms with van der Waals surface area (Å²) in [5.74, 6) is 1.04. The Balaban J connectivity index is 2.21. The van der Waals surface area contributed by atoms with E-state index in [0.29, 0.717) is 0 Å². The molecule has 0 spiro atoms. The molecule has 0 aromatic carbocycles. The van der Waals surface area contributed by atoms with Gasteiger partial charge in [-0.15, -0.1) is 0 Å². The minimum Gasteiger partial charge on any atom is -0.394 e. The summed E-state index contributed by atoms with van der Waals surface area (Å²) >= 11 is 0. The number of aliphatic hydroxyl groups is 1. The van der Waals surface area contributed by atoms with Crippen LogP contribution in [0.1, 0.15) is 30.4 Å². The molecule has 0 bridgehead atoms. The second-order valence-electron chi connectivity index (χ2n) is 5.04. The van der Waals surface area contributed by atoms with Crippen molar-refractivity contribution in [1.29, 1.82) is 0 Å². The molecule has 1 unspecified atom stereocenters. The number of pyridine rings is 1. The summed E-state index contributed by atoms with van der Waals surface area (Å²) in [6.45, 7) is 4.17. The fourth-order valence-electron chi connectivity index (χ4n) is 2.70. The predicted molar refractivity (Wildman–Crippen MR) is 73.8 cm³/mol. The molecule has 1 aliphatic heterocycles. The molecule has 1 aliphatic rings. The van der Waals surface area contributed by atoms with Crippen LogP contribution in [0.4, 0.5) is 5.82 Å². The molecule has 2 rings (SSSR count). The van der Waals surface area contributed by atoms with Crippen LogP contribution >= 0.6 is 0 Å². The Morgan fingerprint density at radius 3 is 3.00 bits per heavy atom. The standard InChI is InChI=1S/C14H23N3O/c1-11-7-12(8-15-2)9-16-14(11)17-6-4-3-5-13(17)10-18/h7,9,13,15,18H,3-6,8,10H2,1-2H3. The monoisotopic (exact) mass is 249 g/mol. The van der Waals surface area contributed by atoms with Gasteiger partial charge in [-0.2, -0.15) is 0 Å². The summed E-state index contributed by atoms with van der Waals surface area (Å²) in [6, 6.07) is 2.42. The van der Waals surface area contributed by atoms with Crippen LogP contribution in [0.25, 0.3) is 0 Å². The zero-order valence-corrected chi connectivity index (χ0v) is 11.3. The maximum atomic E-state index is 9.47. The van der Waals surface area contributed by atoms with Crippen molar-refractivity contribution in [2.75, 3.05) is 25.1 Å². The molecule has 1 saturated heterocycles. The second kappa shape index (κ2) is 6.16. The van der Waals surface area contributed by atoms with Gasteiger partial charge in [0.25, 0.3) is 0 Å². The van der Waals surface area contributed by atoms with E-state index in [1.807, 2.05) is 13.2 Å². The summed E-state index contributed by atoms with van der Waals surface area (Å²) < 4.78 is 0. The van der Waals surface area contributed by atoms with E-state index in [1.54, 1.807) is 0 Å². The Hall–Kier alpha value is -1.13. The van der Waals surface area contributed by atoms with Crippen molar-refractivity contribution in [3.05, 3.63) is 23.4 Å². The lowest BCUT2D eigenvalue weighted by atomic mass is 10.0. The maximum Gasteiger partial charge on any atom is 0.131 e. The quantitative estimate of drug-likeness (QED) is 0.848. The smallest absolute Gasteiger partial charge is 0.131 e. The number of nitrogens with one attached hydrogen (secondary N) is 1. The van der Waals surface area contributed by atoms with Gasteiger partial charge in [0, 0.05) is 19.3 Å². The largest absolute Gasteiger partial charge is 0.394 e. The zero-order valence-electron chi connectivity index (χ0n) is 11.3. The van der Waals surface area contributed by atoms with E-state index >= 15 is 0 Å².